The van der Waals surface area contributed by atoms with Crippen LogP contribution in [0.4, 0.5) is 4.79 Å². The van der Waals surface area contributed by atoms with Gasteiger partial charge in [0.1, 0.15) is 22.8 Å². The maximum Gasteiger partial charge on any atom is 0.410 e. The van der Waals surface area contributed by atoms with Crippen molar-refractivity contribution in [1.29, 1.82) is 0 Å². The highest BCUT2D eigenvalue weighted by Gasteiger charge is 2.29. The molecule has 2 fully saturated rings. The first-order valence-corrected chi connectivity index (χ1v) is 11.1. The molecule has 1 amide bonds. The lowest BCUT2D eigenvalue weighted by Gasteiger charge is -2.33. The molecule has 1 saturated heterocycles. The summed E-state index contributed by atoms with van der Waals surface area (Å²) in [4.78, 5) is 14.0. The van der Waals surface area contributed by atoms with Crippen molar-refractivity contribution in [2.24, 2.45) is 5.92 Å². The third-order valence-corrected chi connectivity index (χ3v) is 5.80. The van der Waals surface area contributed by atoms with Crippen LogP contribution in [-0.4, -0.2) is 58.8 Å². The number of piperidine rings is 1. The predicted molar refractivity (Wildman–Crippen MR) is 114 cm³/mol. The van der Waals surface area contributed by atoms with Crippen LogP contribution in [0.3, 0.4) is 0 Å². The fourth-order valence-corrected chi connectivity index (χ4v) is 4.14. The average Bonchev–Trinajstić information content (AvgIpc) is 3.32. The van der Waals surface area contributed by atoms with E-state index in [0.29, 0.717) is 49.2 Å². The Bertz CT molecular complexity index is 897. The maximum absolute atomic E-state index is 12.2. The molecule has 170 valence electrons. The van der Waals surface area contributed by atoms with Crippen molar-refractivity contribution in [3.05, 3.63) is 18.2 Å². The van der Waals surface area contributed by atoms with Gasteiger partial charge in [0.25, 0.3) is 5.88 Å². The summed E-state index contributed by atoms with van der Waals surface area (Å²) in [6, 6.07) is 5.59. The van der Waals surface area contributed by atoms with Gasteiger partial charge in [-0.1, -0.05) is 6.07 Å². The zero-order chi connectivity index (χ0) is 22.0. The van der Waals surface area contributed by atoms with Gasteiger partial charge in [0.2, 0.25) is 0 Å². The van der Waals surface area contributed by atoms with Crippen LogP contribution < -0.4 is 9.47 Å². The number of likely N-dealkylation sites (tertiary alicyclic amines) is 1. The predicted octanol–water partition coefficient (Wildman–Crippen LogP) is 4.15. The molecule has 0 bridgehead atoms. The Hall–Kier alpha value is -2.48. The van der Waals surface area contributed by atoms with Crippen molar-refractivity contribution < 1.29 is 28.6 Å². The molecule has 4 rings (SSSR count). The summed E-state index contributed by atoms with van der Waals surface area (Å²) in [5, 5.41) is 14.6. The molecule has 1 N–H and O–H groups in total. The largest absolute Gasteiger partial charge is 0.489 e. The molecule has 8 heteroatoms. The maximum atomic E-state index is 12.2. The number of rotatable bonds is 5. The smallest absolute Gasteiger partial charge is 0.410 e. The van der Waals surface area contributed by atoms with Gasteiger partial charge in [0, 0.05) is 19.5 Å². The summed E-state index contributed by atoms with van der Waals surface area (Å²) in [5.41, 5.74) is 0.132. The van der Waals surface area contributed by atoms with E-state index in [4.69, 9.17) is 18.7 Å². The van der Waals surface area contributed by atoms with Crippen molar-refractivity contribution in [3.63, 3.8) is 0 Å². The van der Waals surface area contributed by atoms with E-state index >= 15 is 0 Å². The minimum Gasteiger partial charge on any atom is -0.489 e. The van der Waals surface area contributed by atoms with Crippen molar-refractivity contribution >= 4 is 17.1 Å². The fourth-order valence-electron chi connectivity index (χ4n) is 4.14. The van der Waals surface area contributed by atoms with Gasteiger partial charge in [-0.2, -0.15) is 0 Å². The molecule has 2 atom stereocenters. The van der Waals surface area contributed by atoms with Crippen LogP contribution in [0.25, 0.3) is 11.0 Å². The van der Waals surface area contributed by atoms with Gasteiger partial charge in [-0.05, 0) is 69.7 Å². The monoisotopic (exact) mass is 432 g/mol. The Morgan fingerprint density at radius 1 is 1.23 bits per heavy atom. The van der Waals surface area contributed by atoms with Gasteiger partial charge in [-0.25, -0.2) is 4.79 Å². The number of hydrogen-bond donors (Lipinski definition) is 1. The van der Waals surface area contributed by atoms with Gasteiger partial charge in [-0.15, -0.1) is 0 Å². The van der Waals surface area contributed by atoms with Crippen molar-refractivity contribution in [3.8, 4) is 11.6 Å². The first kappa shape index (κ1) is 21.7. The molecule has 1 aliphatic heterocycles. The summed E-state index contributed by atoms with van der Waals surface area (Å²) < 4.78 is 23.1. The lowest BCUT2D eigenvalue weighted by molar-refractivity contribution is 0.0163. The number of hydrogen-bond acceptors (Lipinski definition) is 7. The second-order valence-corrected chi connectivity index (χ2v) is 9.55. The molecular weight excluding hydrogens is 400 g/mol. The molecule has 2 heterocycles. The Morgan fingerprint density at radius 3 is 2.68 bits per heavy atom. The summed E-state index contributed by atoms with van der Waals surface area (Å²) in [7, 11) is 0. The van der Waals surface area contributed by atoms with E-state index in [1.807, 2.05) is 39.0 Å². The van der Waals surface area contributed by atoms with Crippen LogP contribution in [0.2, 0.25) is 0 Å². The number of aliphatic hydroxyl groups is 1. The normalized spacial score (nSPS) is 22.6. The van der Waals surface area contributed by atoms with Gasteiger partial charge < -0.3 is 28.7 Å². The zero-order valence-corrected chi connectivity index (χ0v) is 18.5. The number of carbonyl (C=O) groups excluding carboxylic acids is 1. The Morgan fingerprint density at radius 2 is 2.00 bits per heavy atom. The third-order valence-electron chi connectivity index (χ3n) is 5.80. The summed E-state index contributed by atoms with van der Waals surface area (Å²) in [6.07, 6.45) is 3.35. The molecule has 0 spiro atoms. The highest BCUT2D eigenvalue weighted by atomic mass is 16.6. The van der Waals surface area contributed by atoms with E-state index in [1.54, 1.807) is 4.90 Å². The van der Waals surface area contributed by atoms with Crippen LogP contribution in [0.1, 0.15) is 52.9 Å². The van der Waals surface area contributed by atoms with Gasteiger partial charge in [0.05, 0.1) is 12.7 Å². The number of aromatic nitrogens is 1. The topological polar surface area (TPSA) is 94.3 Å². The lowest BCUT2D eigenvalue weighted by Crippen LogP contribution is -2.42. The van der Waals surface area contributed by atoms with Crippen LogP contribution in [0, 0.1) is 5.92 Å². The molecule has 0 radical (unpaired) electrons. The fraction of sp³-hybridized carbons (Fsp3) is 0.652. The molecule has 1 saturated carbocycles. The first-order chi connectivity index (χ1) is 14.8. The Kier molecular flexibility index (Phi) is 6.27. The van der Waals surface area contributed by atoms with Crippen LogP contribution in [-0.2, 0) is 4.74 Å². The molecule has 2 aromatic rings. The quantitative estimate of drug-likeness (QED) is 0.758. The summed E-state index contributed by atoms with van der Waals surface area (Å²) in [5.74, 6) is 1.43. The van der Waals surface area contributed by atoms with Crippen molar-refractivity contribution in [2.75, 3.05) is 19.7 Å². The number of benzene rings is 1. The highest BCUT2D eigenvalue weighted by Crippen LogP contribution is 2.36. The zero-order valence-electron chi connectivity index (χ0n) is 18.5. The highest BCUT2D eigenvalue weighted by molar-refractivity contribution is 5.88. The minimum absolute atomic E-state index is 0.0134. The number of aliphatic hydroxyl groups excluding tert-OH is 1. The third kappa shape index (κ3) is 5.42. The second kappa shape index (κ2) is 8.94. The van der Waals surface area contributed by atoms with E-state index in [-0.39, 0.29) is 18.3 Å². The van der Waals surface area contributed by atoms with Gasteiger partial charge in [-0.3, -0.25) is 0 Å². The van der Waals surface area contributed by atoms with Gasteiger partial charge >= 0.3 is 6.09 Å². The first-order valence-electron chi connectivity index (χ1n) is 11.1. The number of nitrogens with zero attached hydrogens (tertiary/aromatic N) is 2. The molecule has 1 aromatic heterocycles. The number of amides is 1. The number of ether oxygens (including phenoxy) is 3. The average molecular weight is 433 g/mol. The Labute approximate surface area is 182 Å². The summed E-state index contributed by atoms with van der Waals surface area (Å²) in [6.45, 7) is 7.43. The van der Waals surface area contributed by atoms with E-state index in [0.717, 1.165) is 31.1 Å². The minimum atomic E-state index is -0.485. The lowest BCUT2D eigenvalue weighted by atomic mass is 9.98. The second-order valence-electron chi connectivity index (χ2n) is 9.55. The number of fused-ring (bicyclic) bond motifs is 1. The standard InChI is InChI=1S/C23H32N2O6/c1-23(2,3)30-22(27)25-11-9-15(10-12-25)14-28-21-20-18(5-4-6-19(20)31-24-21)29-17-8-7-16(26)13-17/h4-6,15-17,26H,7-14H2,1-3H3/t16-,17-/m0/s1. The molecule has 1 aliphatic carbocycles. The van der Waals surface area contributed by atoms with E-state index < -0.39 is 5.60 Å². The molecule has 31 heavy (non-hydrogen) atoms. The molecule has 8 nitrogen and oxygen atoms in total. The summed E-state index contributed by atoms with van der Waals surface area (Å²) >= 11 is 0. The van der Waals surface area contributed by atoms with Gasteiger partial charge in [0.15, 0.2) is 5.58 Å². The van der Waals surface area contributed by atoms with Crippen molar-refractivity contribution in [2.45, 2.75) is 70.7 Å². The van der Waals surface area contributed by atoms with Crippen LogP contribution in [0.15, 0.2) is 22.7 Å². The van der Waals surface area contributed by atoms with E-state index in [2.05, 4.69) is 5.16 Å². The molecule has 2 aliphatic rings. The van der Waals surface area contributed by atoms with Crippen LogP contribution in [0.5, 0.6) is 11.6 Å². The molecular formula is C23H32N2O6. The van der Waals surface area contributed by atoms with Crippen LogP contribution >= 0.6 is 0 Å². The number of carbonyl (C=O) groups is 1. The molecule has 0 unspecified atom stereocenters. The van der Waals surface area contributed by atoms with E-state index in [9.17, 15) is 9.90 Å². The van der Waals surface area contributed by atoms with Crippen molar-refractivity contribution in [1.82, 2.24) is 10.1 Å². The van der Waals surface area contributed by atoms with E-state index in [1.165, 1.54) is 0 Å². The SMILES string of the molecule is CC(C)(C)OC(=O)N1CCC(COc2noc3cccc(O[C@H]4CC[C@H](O)C4)c23)CC1. The Balaban J connectivity index is 1.34. The molecule has 1 aromatic carbocycles.